The fourth-order valence-electron chi connectivity index (χ4n) is 4.75. The smallest absolute Gasteiger partial charge is 0.410 e. The number of carboxylic acids is 1. The second-order valence-corrected chi connectivity index (χ2v) is 9.81. The number of benzene rings is 2. The normalized spacial score (nSPS) is 20.1. The SMILES string of the molecule is COc1cc(C2=C(CN3C(=O)OCC3C)CC(C)(C)CC2)cc(-c2ccc(C(=O)O)cc2)c1. The van der Waals surface area contributed by atoms with Crippen LogP contribution in [0.5, 0.6) is 5.75 Å². The largest absolute Gasteiger partial charge is 0.497 e. The van der Waals surface area contributed by atoms with Gasteiger partial charge in [0.1, 0.15) is 12.4 Å². The van der Waals surface area contributed by atoms with Crippen LogP contribution in [-0.4, -0.2) is 48.4 Å². The Balaban J connectivity index is 1.77. The van der Waals surface area contributed by atoms with Crippen molar-refractivity contribution in [3.8, 4) is 16.9 Å². The van der Waals surface area contributed by atoms with E-state index in [4.69, 9.17) is 9.47 Å². The number of cyclic esters (lactones) is 1. The molecule has 1 heterocycles. The molecule has 1 saturated heterocycles. The van der Waals surface area contributed by atoms with Crippen molar-refractivity contribution in [2.45, 2.75) is 46.1 Å². The van der Waals surface area contributed by atoms with Gasteiger partial charge < -0.3 is 14.6 Å². The summed E-state index contributed by atoms with van der Waals surface area (Å²) < 4.78 is 10.9. The predicted octanol–water partition coefficient (Wildman–Crippen LogP) is 5.86. The molecule has 6 heteroatoms. The maximum Gasteiger partial charge on any atom is 0.410 e. The molecule has 1 amide bonds. The minimum Gasteiger partial charge on any atom is -0.497 e. The van der Waals surface area contributed by atoms with Gasteiger partial charge in [0, 0.05) is 6.54 Å². The van der Waals surface area contributed by atoms with Gasteiger partial charge in [-0.15, -0.1) is 0 Å². The van der Waals surface area contributed by atoms with Gasteiger partial charge in [-0.3, -0.25) is 4.90 Å². The number of allylic oxidation sites excluding steroid dienone is 1. The van der Waals surface area contributed by atoms with E-state index >= 15 is 0 Å². The zero-order valence-electron chi connectivity index (χ0n) is 19.7. The molecule has 1 aliphatic carbocycles. The predicted molar refractivity (Wildman–Crippen MR) is 127 cm³/mol. The Morgan fingerprint density at radius 1 is 1.15 bits per heavy atom. The molecule has 0 bridgehead atoms. The van der Waals surface area contributed by atoms with Gasteiger partial charge in [-0.25, -0.2) is 9.59 Å². The number of nitrogens with zero attached hydrogens (tertiary/aromatic N) is 1. The third-order valence-electron chi connectivity index (χ3n) is 6.70. The lowest BCUT2D eigenvalue weighted by molar-refractivity contribution is 0.0697. The van der Waals surface area contributed by atoms with Crippen molar-refractivity contribution in [1.29, 1.82) is 0 Å². The number of carboxylic acid groups (broad SMARTS) is 1. The van der Waals surface area contributed by atoms with Gasteiger partial charge in [0.2, 0.25) is 0 Å². The molecule has 1 aliphatic heterocycles. The Labute approximate surface area is 194 Å². The minimum atomic E-state index is -0.942. The molecule has 1 N–H and O–H groups in total. The standard InChI is InChI=1S/C27H31NO5/c1-17-16-33-26(31)28(17)15-22-14-27(2,3)10-9-24(22)21-11-20(12-23(13-21)32-4)18-5-7-19(8-6-18)25(29)30/h5-8,11-13,17H,9-10,14-16H2,1-4H3,(H,29,30). The average Bonchev–Trinajstić information content (AvgIpc) is 3.10. The summed E-state index contributed by atoms with van der Waals surface area (Å²) in [5, 5.41) is 9.21. The molecule has 33 heavy (non-hydrogen) atoms. The van der Waals surface area contributed by atoms with Crippen molar-refractivity contribution >= 4 is 17.6 Å². The van der Waals surface area contributed by atoms with Crippen LogP contribution in [0.1, 0.15) is 56.0 Å². The van der Waals surface area contributed by atoms with Crippen LogP contribution in [0.15, 0.2) is 48.0 Å². The molecule has 1 atom stereocenters. The highest BCUT2D eigenvalue weighted by molar-refractivity contribution is 5.88. The second-order valence-electron chi connectivity index (χ2n) is 9.81. The van der Waals surface area contributed by atoms with Crippen molar-refractivity contribution in [2.75, 3.05) is 20.3 Å². The molecule has 2 aromatic carbocycles. The number of rotatable bonds is 6. The van der Waals surface area contributed by atoms with E-state index in [-0.39, 0.29) is 23.1 Å². The molecule has 0 aromatic heterocycles. The highest BCUT2D eigenvalue weighted by Crippen LogP contribution is 2.44. The molecule has 0 spiro atoms. The number of carbonyl (C=O) groups is 2. The van der Waals surface area contributed by atoms with E-state index in [1.165, 1.54) is 11.1 Å². The molecule has 2 aliphatic rings. The molecular formula is C27H31NO5. The Bertz CT molecular complexity index is 1100. The lowest BCUT2D eigenvalue weighted by Crippen LogP contribution is -2.35. The molecule has 0 saturated carbocycles. The van der Waals surface area contributed by atoms with E-state index in [9.17, 15) is 14.7 Å². The zero-order valence-corrected chi connectivity index (χ0v) is 19.7. The van der Waals surface area contributed by atoms with Crippen molar-refractivity contribution in [1.82, 2.24) is 4.90 Å². The van der Waals surface area contributed by atoms with Gasteiger partial charge in [0.15, 0.2) is 0 Å². The third-order valence-corrected chi connectivity index (χ3v) is 6.70. The Hall–Kier alpha value is -3.28. The third kappa shape index (κ3) is 4.90. The van der Waals surface area contributed by atoms with E-state index < -0.39 is 5.97 Å². The number of amides is 1. The summed E-state index contributed by atoms with van der Waals surface area (Å²) in [6.07, 6.45) is 2.65. The second kappa shape index (κ2) is 8.93. The Morgan fingerprint density at radius 3 is 2.45 bits per heavy atom. The summed E-state index contributed by atoms with van der Waals surface area (Å²) in [6, 6.07) is 13.1. The molecular weight excluding hydrogens is 418 g/mol. The maximum absolute atomic E-state index is 12.3. The molecule has 174 valence electrons. The monoisotopic (exact) mass is 449 g/mol. The minimum absolute atomic E-state index is 0.0601. The summed E-state index contributed by atoms with van der Waals surface area (Å²) >= 11 is 0. The van der Waals surface area contributed by atoms with Crippen molar-refractivity contribution in [3.05, 3.63) is 59.2 Å². The van der Waals surface area contributed by atoms with E-state index in [0.29, 0.717) is 13.2 Å². The quantitative estimate of drug-likeness (QED) is 0.597. The number of methoxy groups -OCH3 is 1. The van der Waals surface area contributed by atoms with Crippen LogP contribution in [0.3, 0.4) is 0 Å². The number of carbonyl (C=O) groups excluding carboxylic acids is 1. The average molecular weight is 450 g/mol. The fraction of sp³-hybridized carbons (Fsp3) is 0.407. The van der Waals surface area contributed by atoms with E-state index in [0.717, 1.165) is 41.7 Å². The summed E-state index contributed by atoms with van der Waals surface area (Å²) in [5.41, 5.74) is 5.91. The number of aromatic carboxylic acids is 1. The molecule has 6 nitrogen and oxygen atoms in total. The lowest BCUT2D eigenvalue weighted by atomic mass is 9.72. The molecule has 1 fully saturated rings. The fourth-order valence-corrected chi connectivity index (χ4v) is 4.75. The van der Waals surface area contributed by atoms with Gasteiger partial charge >= 0.3 is 12.1 Å². The van der Waals surface area contributed by atoms with Crippen molar-refractivity contribution in [2.24, 2.45) is 5.41 Å². The van der Waals surface area contributed by atoms with Crippen LogP contribution >= 0.6 is 0 Å². The molecule has 2 aromatic rings. The number of hydrogen-bond donors (Lipinski definition) is 1. The topological polar surface area (TPSA) is 76.1 Å². The first-order valence-electron chi connectivity index (χ1n) is 11.3. The van der Waals surface area contributed by atoms with Gasteiger partial charge in [0.05, 0.1) is 18.7 Å². The van der Waals surface area contributed by atoms with Crippen LogP contribution in [-0.2, 0) is 4.74 Å². The maximum atomic E-state index is 12.3. The summed E-state index contributed by atoms with van der Waals surface area (Å²) in [4.78, 5) is 25.3. The molecule has 1 unspecified atom stereocenters. The van der Waals surface area contributed by atoms with Gasteiger partial charge in [-0.2, -0.15) is 0 Å². The van der Waals surface area contributed by atoms with E-state index in [2.05, 4.69) is 26.0 Å². The van der Waals surface area contributed by atoms with Crippen LogP contribution in [0.2, 0.25) is 0 Å². The van der Waals surface area contributed by atoms with Crippen molar-refractivity contribution in [3.63, 3.8) is 0 Å². The highest BCUT2D eigenvalue weighted by atomic mass is 16.6. The van der Waals surface area contributed by atoms with Crippen molar-refractivity contribution < 1.29 is 24.2 Å². The number of ether oxygens (including phenoxy) is 2. The first-order chi connectivity index (χ1) is 15.7. The van der Waals surface area contributed by atoms with Crippen LogP contribution in [0.4, 0.5) is 4.79 Å². The lowest BCUT2D eigenvalue weighted by Gasteiger charge is -2.35. The van der Waals surface area contributed by atoms with Gasteiger partial charge in [-0.05, 0) is 89.8 Å². The van der Waals surface area contributed by atoms with E-state index in [1.807, 2.05) is 30.0 Å². The van der Waals surface area contributed by atoms with E-state index in [1.54, 1.807) is 19.2 Å². The van der Waals surface area contributed by atoms with Crippen LogP contribution in [0, 0.1) is 5.41 Å². The van der Waals surface area contributed by atoms with Crippen LogP contribution in [0.25, 0.3) is 16.7 Å². The first kappa shape index (κ1) is 22.9. The van der Waals surface area contributed by atoms with Gasteiger partial charge in [0.25, 0.3) is 0 Å². The molecule has 0 radical (unpaired) electrons. The molecule has 4 rings (SSSR count). The van der Waals surface area contributed by atoms with Crippen LogP contribution < -0.4 is 4.74 Å². The Kier molecular flexibility index (Phi) is 6.19. The summed E-state index contributed by atoms with van der Waals surface area (Å²) in [7, 11) is 1.65. The zero-order chi connectivity index (χ0) is 23.8. The Morgan fingerprint density at radius 2 is 1.85 bits per heavy atom. The first-order valence-corrected chi connectivity index (χ1v) is 11.3. The summed E-state index contributed by atoms with van der Waals surface area (Å²) in [6.45, 7) is 7.57. The van der Waals surface area contributed by atoms with Gasteiger partial charge in [-0.1, -0.05) is 26.0 Å². The summed E-state index contributed by atoms with van der Waals surface area (Å²) in [5.74, 6) is -0.197. The number of hydrogen-bond acceptors (Lipinski definition) is 4. The highest BCUT2D eigenvalue weighted by Gasteiger charge is 2.34.